The monoisotopic (exact) mass is 207 g/mol. The van der Waals surface area contributed by atoms with E-state index in [1.807, 2.05) is 0 Å². The van der Waals surface area contributed by atoms with Crippen molar-refractivity contribution in [2.75, 3.05) is 25.9 Å². The Morgan fingerprint density at radius 1 is 1.60 bits per heavy atom. The normalized spacial score (nSPS) is 15.6. The van der Waals surface area contributed by atoms with Gasteiger partial charge in [-0.2, -0.15) is 0 Å². The zero-order valence-corrected chi connectivity index (χ0v) is 9.02. The predicted molar refractivity (Wildman–Crippen MR) is 59.8 cm³/mol. The lowest BCUT2D eigenvalue weighted by molar-refractivity contribution is 0.226. The fourth-order valence-corrected chi connectivity index (χ4v) is 1.50. The second kappa shape index (κ2) is 4.49. The Morgan fingerprint density at radius 2 is 2.40 bits per heavy atom. The Kier molecular flexibility index (Phi) is 3.06. The number of likely N-dealkylation sites (N-methyl/N-ethyl adjacent to an activating group) is 1. The van der Waals surface area contributed by atoms with Gasteiger partial charge in [-0.05, 0) is 26.0 Å². The lowest BCUT2D eigenvalue weighted by Crippen LogP contribution is -2.26. The molecule has 0 bridgehead atoms. The highest BCUT2D eigenvalue weighted by Crippen LogP contribution is 2.24. The number of anilines is 1. The van der Waals surface area contributed by atoms with Crippen molar-refractivity contribution in [3.63, 3.8) is 0 Å². The standard InChI is InChI=1S/C11H17N3O/c1-14(10-2-3-10)6-7-15-11-8-9(12)4-5-13-11/h4-5,8,10H,2-3,6-7H2,1H3,(H2,12,13). The van der Waals surface area contributed by atoms with Crippen molar-refractivity contribution in [2.24, 2.45) is 0 Å². The molecule has 0 unspecified atom stereocenters. The summed E-state index contributed by atoms with van der Waals surface area (Å²) in [4.78, 5) is 6.40. The lowest BCUT2D eigenvalue weighted by Gasteiger charge is -2.15. The van der Waals surface area contributed by atoms with Gasteiger partial charge in [0, 0.05) is 30.5 Å². The van der Waals surface area contributed by atoms with Crippen LogP contribution in [-0.4, -0.2) is 36.1 Å². The largest absolute Gasteiger partial charge is 0.476 e. The van der Waals surface area contributed by atoms with Crippen LogP contribution in [0.2, 0.25) is 0 Å². The van der Waals surface area contributed by atoms with Crippen LogP contribution in [-0.2, 0) is 0 Å². The first kappa shape index (κ1) is 10.2. The van der Waals surface area contributed by atoms with Crippen molar-refractivity contribution >= 4 is 5.69 Å². The summed E-state index contributed by atoms with van der Waals surface area (Å²) in [5.74, 6) is 0.610. The average molecular weight is 207 g/mol. The summed E-state index contributed by atoms with van der Waals surface area (Å²) in [6.45, 7) is 1.62. The van der Waals surface area contributed by atoms with E-state index in [1.165, 1.54) is 12.8 Å². The van der Waals surface area contributed by atoms with Crippen molar-refractivity contribution in [1.29, 1.82) is 0 Å². The van der Waals surface area contributed by atoms with E-state index in [1.54, 1.807) is 18.3 Å². The van der Waals surface area contributed by atoms with Crippen LogP contribution < -0.4 is 10.5 Å². The molecule has 1 aliphatic carbocycles. The highest BCUT2D eigenvalue weighted by Gasteiger charge is 2.25. The number of aromatic nitrogens is 1. The van der Waals surface area contributed by atoms with Crippen LogP contribution in [0.3, 0.4) is 0 Å². The molecule has 0 amide bonds. The van der Waals surface area contributed by atoms with E-state index >= 15 is 0 Å². The van der Waals surface area contributed by atoms with E-state index in [0.29, 0.717) is 18.2 Å². The van der Waals surface area contributed by atoms with Gasteiger partial charge in [0.05, 0.1) is 0 Å². The molecule has 2 rings (SSSR count). The number of hydrogen-bond donors (Lipinski definition) is 1. The molecule has 1 aliphatic rings. The van der Waals surface area contributed by atoms with Crippen molar-refractivity contribution in [1.82, 2.24) is 9.88 Å². The van der Waals surface area contributed by atoms with E-state index in [0.717, 1.165) is 12.6 Å². The van der Waals surface area contributed by atoms with Gasteiger partial charge in [0.1, 0.15) is 6.61 Å². The minimum atomic E-state index is 0.610. The molecule has 4 heteroatoms. The highest BCUT2D eigenvalue weighted by molar-refractivity contribution is 5.39. The number of pyridine rings is 1. The van der Waals surface area contributed by atoms with Crippen LogP contribution in [0.25, 0.3) is 0 Å². The number of rotatable bonds is 5. The van der Waals surface area contributed by atoms with Crippen LogP contribution in [0.4, 0.5) is 5.69 Å². The third-order valence-electron chi connectivity index (χ3n) is 2.62. The summed E-state index contributed by atoms with van der Waals surface area (Å²) in [5.41, 5.74) is 6.31. The molecule has 0 spiro atoms. The fourth-order valence-electron chi connectivity index (χ4n) is 1.50. The van der Waals surface area contributed by atoms with E-state index in [9.17, 15) is 0 Å². The van der Waals surface area contributed by atoms with Gasteiger partial charge in [-0.25, -0.2) is 4.98 Å². The van der Waals surface area contributed by atoms with Gasteiger partial charge in [0.25, 0.3) is 0 Å². The van der Waals surface area contributed by atoms with Gasteiger partial charge in [-0.15, -0.1) is 0 Å². The third-order valence-corrected chi connectivity index (χ3v) is 2.62. The summed E-state index contributed by atoms with van der Waals surface area (Å²) < 4.78 is 5.50. The van der Waals surface area contributed by atoms with Crippen LogP contribution in [0.1, 0.15) is 12.8 Å². The van der Waals surface area contributed by atoms with Crippen LogP contribution in [0, 0.1) is 0 Å². The van der Waals surface area contributed by atoms with Gasteiger partial charge < -0.3 is 15.4 Å². The number of ether oxygens (including phenoxy) is 1. The summed E-state index contributed by atoms with van der Waals surface area (Å²) in [6, 6.07) is 4.28. The first-order valence-corrected chi connectivity index (χ1v) is 5.30. The number of nitrogen functional groups attached to an aromatic ring is 1. The molecule has 15 heavy (non-hydrogen) atoms. The minimum absolute atomic E-state index is 0.610. The van der Waals surface area contributed by atoms with Gasteiger partial charge >= 0.3 is 0 Å². The molecule has 2 N–H and O–H groups in total. The minimum Gasteiger partial charge on any atom is -0.476 e. The second-order valence-electron chi connectivity index (χ2n) is 3.99. The van der Waals surface area contributed by atoms with Gasteiger partial charge in [-0.1, -0.05) is 0 Å². The maximum Gasteiger partial charge on any atom is 0.215 e. The van der Waals surface area contributed by atoms with E-state index in [4.69, 9.17) is 10.5 Å². The molecular weight excluding hydrogens is 190 g/mol. The SMILES string of the molecule is CN(CCOc1cc(N)ccn1)C1CC1. The Bertz CT molecular complexity index is 325. The summed E-state index contributed by atoms with van der Waals surface area (Å²) in [5, 5.41) is 0. The molecule has 1 saturated carbocycles. The van der Waals surface area contributed by atoms with Gasteiger partial charge in [0.2, 0.25) is 5.88 Å². The molecule has 1 aromatic heterocycles. The molecule has 0 radical (unpaired) electrons. The molecule has 1 fully saturated rings. The Labute approximate surface area is 90.0 Å². The number of nitrogens with two attached hydrogens (primary N) is 1. The molecule has 4 nitrogen and oxygen atoms in total. The molecular formula is C11H17N3O. The predicted octanol–water partition coefficient (Wildman–Crippen LogP) is 1.14. The zero-order valence-electron chi connectivity index (χ0n) is 9.02. The third kappa shape index (κ3) is 3.09. The zero-order chi connectivity index (χ0) is 10.7. The summed E-state index contributed by atoms with van der Waals surface area (Å²) in [6.07, 6.45) is 4.31. The fraction of sp³-hybridized carbons (Fsp3) is 0.545. The van der Waals surface area contributed by atoms with Gasteiger partial charge in [-0.3, -0.25) is 0 Å². The molecule has 1 aromatic rings. The second-order valence-corrected chi connectivity index (χ2v) is 3.99. The van der Waals surface area contributed by atoms with Crippen molar-refractivity contribution < 1.29 is 4.74 Å². The number of nitrogens with zero attached hydrogens (tertiary/aromatic N) is 2. The molecule has 0 aliphatic heterocycles. The summed E-state index contributed by atoms with van der Waals surface area (Å²) in [7, 11) is 2.13. The van der Waals surface area contributed by atoms with Crippen LogP contribution in [0.15, 0.2) is 18.3 Å². The molecule has 0 aromatic carbocycles. The molecule has 1 heterocycles. The number of hydrogen-bond acceptors (Lipinski definition) is 4. The maximum absolute atomic E-state index is 5.62. The summed E-state index contributed by atoms with van der Waals surface area (Å²) >= 11 is 0. The Balaban J connectivity index is 1.73. The van der Waals surface area contributed by atoms with Crippen molar-refractivity contribution in [2.45, 2.75) is 18.9 Å². The van der Waals surface area contributed by atoms with E-state index in [-0.39, 0.29) is 0 Å². The molecule has 0 saturated heterocycles. The van der Waals surface area contributed by atoms with Crippen LogP contribution in [0.5, 0.6) is 5.88 Å². The van der Waals surface area contributed by atoms with E-state index < -0.39 is 0 Å². The Hall–Kier alpha value is -1.29. The Morgan fingerprint density at radius 3 is 3.07 bits per heavy atom. The van der Waals surface area contributed by atoms with Crippen LogP contribution >= 0.6 is 0 Å². The smallest absolute Gasteiger partial charge is 0.215 e. The highest BCUT2D eigenvalue weighted by atomic mass is 16.5. The van der Waals surface area contributed by atoms with E-state index in [2.05, 4.69) is 16.9 Å². The van der Waals surface area contributed by atoms with Crippen molar-refractivity contribution in [3.05, 3.63) is 18.3 Å². The quantitative estimate of drug-likeness (QED) is 0.786. The lowest BCUT2D eigenvalue weighted by atomic mass is 10.4. The van der Waals surface area contributed by atoms with Gasteiger partial charge in [0.15, 0.2) is 0 Å². The average Bonchev–Trinajstić information content (AvgIpc) is 3.00. The molecule has 0 atom stereocenters. The first-order chi connectivity index (χ1) is 7.25. The van der Waals surface area contributed by atoms with Crippen molar-refractivity contribution in [3.8, 4) is 5.88 Å². The topological polar surface area (TPSA) is 51.4 Å². The maximum atomic E-state index is 5.62. The molecule has 82 valence electrons. The first-order valence-electron chi connectivity index (χ1n) is 5.30.